The van der Waals surface area contributed by atoms with Crippen molar-refractivity contribution >= 4 is 28.3 Å². The smallest absolute Gasteiger partial charge is 0.162 e. The van der Waals surface area contributed by atoms with Crippen molar-refractivity contribution in [3.63, 3.8) is 0 Å². The number of hydrogen-bond donors (Lipinski definition) is 1. The molecular formula is C16H24BrClN2O2. The highest BCUT2D eigenvalue weighted by molar-refractivity contribution is 9.10. The van der Waals surface area contributed by atoms with Crippen molar-refractivity contribution in [2.24, 2.45) is 0 Å². The Bertz CT molecular complexity index is 495. The van der Waals surface area contributed by atoms with Crippen molar-refractivity contribution in [1.29, 1.82) is 0 Å². The Balaban J connectivity index is 0.00000176. The third-order valence-corrected chi connectivity index (χ3v) is 4.88. The molecule has 4 nitrogen and oxygen atoms in total. The normalized spacial score (nSPS) is 20.0. The van der Waals surface area contributed by atoms with E-state index in [9.17, 15) is 0 Å². The van der Waals surface area contributed by atoms with Crippen LogP contribution in [-0.4, -0.2) is 43.8 Å². The molecule has 1 aromatic carbocycles. The molecule has 0 bridgehead atoms. The maximum absolute atomic E-state index is 5.71. The maximum atomic E-state index is 5.71. The minimum absolute atomic E-state index is 0. The number of halogens is 2. The standard InChI is InChI=1S/C16H23BrN2O2.ClH/c1-2-5-19(13-3-4-18-10-13)11-12-8-15-16(9-14(12)17)21-7-6-20-15;/h8-9,13,18H,2-7,10-11H2,1H3;1H. The van der Waals surface area contributed by atoms with Gasteiger partial charge in [0, 0.05) is 23.6 Å². The summed E-state index contributed by atoms with van der Waals surface area (Å²) in [7, 11) is 0. The predicted octanol–water partition coefficient (Wildman–Crippen LogP) is 3.22. The molecule has 0 amide bonds. The number of nitrogens with one attached hydrogen (secondary N) is 1. The van der Waals surface area contributed by atoms with E-state index in [2.05, 4.69) is 39.1 Å². The average molecular weight is 392 g/mol. The van der Waals surface area contributed by atoms with Gasteiger partial charge in [0.15, 0.2) is 11.5 Å². The first-order valence-electron chi connectivity index (χ1n) is 7.80. The van der Waals surface area contributed by atoms with Crippen LogP contribution in [0.5, 0.6) is 11.5 Å². The zero-order chi connectivity index (χ0) is 14.7. The van der Waals surface area contributed by atoms with E-state index in [0.717, 1.165) is 42.2 Å². The van der Waals surface area contributed by atoms with Gasteiger partial charge in [-0.25, -0.2) is 0 Å². The molecule has 6 heteroatoms. The Morgan fingerprint density at radius 2 is 2.00 bits per heavy atom. The Hall–Kier alpha value is -0.490. The topological polar surface area (TPSA) is 33.7 Å². The summed E-state index contributed by atoms with van der Waals surface area (Å²) < 4.78 is 12.5. The number of rotatable bonds is 5. The van der Waals surface area contributed by atoms with Crippen LogP contribution in [0.15, 0.2) is 16.6 Å². The lowest BCUT2D eigenvalue weighted by Gasteiger charge is -2.29. The number of fused-ring (bicyclic) bond motifs is 1. The van der Waals surface area contributed by atoms with Gasteiger partial charge in [-0.2, -0.15) is 0 Å². The summed E-state index contributed by atoms with van der Waals surface area (Å²) in [5, 5.41) is 3.46. The van der Waals surface area contributed by atoms with E-state index in [1.54, 1.807) is 0 Å². The summed E-state index contributed by atoms with van der Waals surface area (Å²) >= 11 is 3.69. The van der Waals surface area contributed by atoms with E-state index in [1.165, 1.54) is 18.4 Å². The van der Waals surface area contributed by atoms with Crippen LogP contribution in [0.2, 0.25) is 0 Å². The van der Waals surface area contributed by atoms with E-state index in [-0.39, 0.29) is 12.4 Å². The summed E-state index contributed by atoms with van der Waals surface area (Å²) in [5.41, 5.74) is 1.28. The molecule has 0 spiro atoms. The molecule has 2 aliphatic rings. The number of ether oxygens (including phenoxy) is 2. The third-order valence-electron chi connectivity index (χ3n) is 4.15. The lowest BCUT2D eigenvalue weighted by molar-refractivity contribution is 0.169. The van der Waals surface area contributed by atoms with Crippen molar-refractivity contribution < 1.29 is 9.47 Å². The van der Waals surface area contributed by atoms with Gasteiger partial charge >= 0.3 is 0 Å². The summed E-state index contributed by atoms with van der Waals surface area (Å²) in [4.78, 5) is 2.58. The summed E-state index contributed by atoms with van der Waals surface area (Å²) in [5.74, 6) is 1.72. The number of hydrogen-bond acceptors (Lipinski definition) is 4. The van der Waals surface area contributed by atoms with Gasteiger partial charge in [0.25, 0.3) is 0 Å². The predicted molar refractivity (Wildman–Crippen MR) is 94.4 cm³/mol. The Kier molecular flexibility index (Phi) is 6.81. The second kappa shape index (κ2) is 8.39. The lowest BCUT2D eigenvalue weighted by Crippen LogP contribution is -2.37. The molecule has 124 valence electrons. The molecule has 0 aliphatic carbocycles. The van der Waals surface area contributed by atoms with Gasteiger partial charge in [0.1, 0.15) is 13.2 Å². The molecule has 1 fully saturated rings. The maximum Gasteiger partial charge on any atom is 0.162 e. The summed E-state index contributed by atoms with van der Waals surface area (Å²) in [6.07, 6.45) is 2.42. The molecule has 2 aliphatic heterocycles. The molecule has 22 heavy (non-hydrogen) atoms. The molecule has 1 N–H and O–H groups in total. The van der Waals surface area contributed by atoms with E-state index >= 15 is 0 Å². The van der Waals surface area contributed by atoms with E-state index in [0.29, 0.717) is 19.3 Å². The number of nitrogens with zero attached hydrogens (tertiary/aromatic N) is 1. The molecule has 0 aromatic heterocycles. The highest BCUT2D eigenvalue weighted by Gasteiger charge is 2.23. The molecule has 1 atom stereocenters. The average Bonchev–Trinajstić information content (AvgIpc) is 3.01. The minimum Gasteiger partial charge on any atom is -0.486 e. The van der Waals surface area contributed by atoms with Gasteiger partial charge < -0.3 is 14.8 Å². The fourth-order valence-electron chi connectivity index (χ4n) is 3.08. The van der Waals surface area contributed by atoms with Crippen molar-refractivity contribution in [1.82, 2.24) is 10.2 Å². The second-order valence-electron chi connectivity index (χ2n) is 5.70. The summed E-state index contributed by atoms with van der Waals surface area (Å²) in [6.45, 7) is 7.84. The largest absolute Gasteiger partial charge is 0.486 e. The molecule has 1 unspecified atom stereocenters. The van der Waals surface area contributed by atoms with Gasteiger partial charge in [-0.05, 0) is 43.6 Å². The Morgan fingerprint density at radius 1 is 1.27 bits per heavy atom. The molecule has 1 aromatic rings. The van der Waals surface area contributed by atoms with E-state index in [1.807, 2.05) is 6.07 Å². The lowest BCUT2D eigenvalue weighted by atomic mass is 10.1. The van der Waals surface area contributed by atoms with E-state index < -0.39 is 0 Å². The van der Waals surface area contributed by atoms with Crippen LogP contribution in [0.1, 0.15) is 25.3 Å². The SMILES string of the molecule is CCCN(Cc1cc2c(cc1Br)OCCO2)C1CCNC1.Cl. The first-order valence-corrected chi connectivity index (χ1v) is 8.60. The zero-order valence-electron chi connectivity index (χ0n) is 12.9. The van der Waals surface area contributed by atoms with Gasteiger partial charge in [0.2, 0.25) is 0 Å². The van der Waals surface area contributed by atoms with Gasteiger partial charge in [-0.15, -0.1) is 12.4 Å². The monoisotopic (exact) mass is 390 g/mol. The molecule has 2 heterocycles. The first-order chi connectivity index (χ1) is 10.3. The molecule has 3 rings (SSSR count). The van der Waals surface area contributed by atoms with Crippen LogP contribution in [-0.2, 0) is 6.54 Å². The van der Waals surface area contributed by atoms with Gasteiger partial charge in [-0.3, -0.25) is 4.90 Å². The van der Waals surface area contributed by atoms with Crippen LogP contribution in [0.25, 0.3) is 0 Å². The van der Waals surface area contributed by atoms with E-state index in [4.69, 9.17) is 9.47 Å². The molecular weight excluding hydrogens is 368 g/mol. The highest BCUT2D eigenvalue weighted by Crippen LogP contribution is 2.36. The highest BCUT2D eigenvalue weighted by atomic mass is 79.9. The molecule has 0 radical (unpaired) electrons. The third kappa shape index (κ3) is 4.07. The van der Waals surface area contributed by atoms with Gasteiger partial charge in [0.05, 0.1) is 0 Å². The first kappa shape index (κ1) is 17.9. The summed E-state index contributed by atoms with van der Waals surface area (Å²) in [6, 6.07) is 4.81. The quantitative estimate of drug-likeness (QED) is 0.835. The van der Waals surface area contributed by atoms with Crippen LogP contribution in [0.4, 0.5) is 0 Å². The Labute approximate surface area is 147 Å². The van der Waals surface area contributed by atoms with Crippen LogP contribution < -0.4 is 14.8 Å². The van der Waals surface area contributed by atoms with Crippen LogP contribution in [0.3, 0.4) is 0 Å². The van der Waals surface area contributed by atoms with Crippen molar-refractivity contribution in [2.45, 2.75) is 32.4 Å². The fraction of sp³-hybridized carbons (Fsp3) is 0.625. The van der Waals surface area contributed by atoms with Crippen LogP contribution >= 0.6 is 28.3 Å². The number of benzene rings is 1. The van der Waals surface area contributed by atoms with Crippen molar-refractivity contribution in [3.05, 3.63) is 22.2 Å². The molecule has 1 saturated heterocycles. The minimum atomic E-state index is 0. The zero-order valence-corrected chi connectivity index (χ0v) is 15.3. The fourth-order valence-corrected chi connectivity index (χ4v) is 3.52. The van der Waals surface area contributed by atoms with Crippen molar-refractivity contribution in [2.75, 3.05) is 32.8 Å². The van der Waals surface area contributed by atoms with Crippen LogP contribution in [0, 0.1) is 0 Å². The van der Waals surface area contributed by atoms with Crippen molar-refractivity contribution in [3.8, 4) is 11.5 Å². The molecule has 0 saturated carbocycles. The Morgan fingerprint density at radius 3 is 2.64 bits per heavy atom. The second-order valence-corrected chi connectivity index (χ2v) is 6.56. The van der Waals surface area contributed by atoms with Gasteiger partial charge in [-0.1, -0.05) is 22.9 Å².